The van der Waals surface area contributed by atoms with Crippen LogP contribution in [-0.2, 0) is 17.7 Å². The Morgan fingerprint density at radius 2 is 2.00 bits per heavy atom. The molecule has 0 amide bonds. The fourth-order valence-electron chi connectivity index (χ4n) is 4.45. The highest BCUT2D eigenvalue weighted by molar-refractivity contribution is 5.79. The zero-order chi connectivity index (χ0) is 19.7. The molecule has 1 aromatic heterocycles. The number of aryl methyl sites for hydroxylation is 1. The molecule has 2 fully saturated rings. The molecule has 3 rings (SSSR count). The highest BCUT2D eigenvalue weighted by atomic mass is 16.5. The van der Waals surface area contributed by atoms with Gasteiger partial charge in [0, 0.05) is 58.2 Å². The van der Waals surface area contributed by atoms with Crippen molar-refractivity contribution in [3.63, 3.8) is 0 Å². The van der Waals surface area contributed by atoms with E-state index in [1.807, 2.05) is 7.05 Å². The summed E-state index contributed by atoms with van der Waals surface area (Å²) in [7, 11) is 1.85. The van der Waals surface area contributed by atoms with Crippen molar-refractivity contribution in [3.05, 3.63) is 12.2 Å². The van der Waals surface area contributed by atoms with Gasteiger partial charge in [-0.3, -0.25) is 9.89 Å². The lowest BCUT2D eigenvalue weighted by Gasteiger charge is -2.42. The smallest absolute Gasteiger partial charge is 0.191 e. The molecule has 2 aliphatic rings. The minimum atomic E-state index is 0.344. The van der Waals surface area contributed by atoms with Crippen LogP contribution in [-0.4, -0.2) is 78.6 Å². The van der Waals surface area contributed by atoms with E-state index in [4.69, 9.17) is 4.74 Å². The molecule has 1 saturated heterocycles. The van der Waals surface area contributed by atoms with E-state index in [0.29, 0.717) is 5.41 Å². The first-order valence-electron chi connectivity index (χ1n) is 10.9. The van der Waals surface area contributed by atoms with E-state index in [0.717, 1.165) is 64.1 Å². The first kappa shape index (κ1) is 21.0. The lowest BCUT2D eigenvalue weighted by atomic mass is 9.73. The van der Waals surface area contributed by atoms with Crippen molar-refractivity contribution in [2.75, 3.05) is 53.0 Å². The van der Waals surface area contributed by atoms with Gasteiger partial charge in [-0.25, -0.2) is 0 Å². The van der Waals surface area contributed by atoms with Gasteiger partial charge in [-0.2, -0.15) is 0 Å². The van der Waals surface area contributed by atoms with Crippen molar-refractivity contribution in [1.82, 2.24) is 30.3 Å². The van der Waals surface area contributed by atoms with Crippen LogP contribution in [0.4, 0.5) is 0 Å². The molecule has 28 heavy (non-hydrogen) atoms. The zero-order valence-electron chi connectivity index (χ0n) is 17.6. The Morgan fingerprint density at radius 3 is 2.71 bits per heavy atom. The second-order valence-corrected chi connectivity index (χ2v) is 8.10. The second-order valence-electron chi connectivity index (χ2n) is 8.10. The molecule has 8 nitrogen and oxygen atoms in total. The summed E-state index contributed by atoms with van der Waals surface area (Å²) < 4.78 is 7.63. The number of aromatic nitrogens is 3. The number of guanidine groups is 1. The van der Waals surface area contributed by atoms with E-state index >= 15 is 0 Å². The van der Waals surface area contributed by atoms with E-state index in [1.165, 1.54) is 38.6 Å². The number of nitrogens with zero attached hydrogens (tertiary/aromatic N) is 5. The molecule has 0 radical (unpaired) electrons. The third-order valence-corrected chi connectivity index (χ3v) is 6.09. The number of hydrogen-bond acceptors (Lipinski definition) is 5. The third kappa shape index (κ3) is 5.91. The van der Waals surface area contributed by atoms with Crippen LogP contribution in [0.2, 0.25) is 0 Å². The fourth-order valence-corrected chi connectivity index (χ4v) is 4.45. The van der Waals surface area contributed by atoms with E-state index in [-0.39, 0.29) is 0 Å². The molecule has 2 N–H and O–H groups in total. The minimum absolute atomic E-state index is 0.344. The predicted molar refractivity (Wildman–Crippen MR) is 112 cm³/mol. The maximum atomic E-state index is 5.53. The summed E-state index contributed by atoms with van der Waals surface area (Å²) >= 11 is 0. The van der Waals surface area contributed by atoms with Crippen LogP contribution in [0.25, 0.3) is 0 Å². The second kappa shape index (κ2) is 10.8. The van der Waals surface area contributed by atoms with Gasteiger partial charge in [0.25, 0.3) is 0 Å². The lowest BCUT2D eigenvalue weighted by molar-refractivity contribution is 0.00820. The summed E-state index contributed by atoms with van der Waals surface area (Å²) in [6.07, 6.45) is 9.35. The molecule has 0 bridgehead atoms. The van der Waals surface area contributed by atoms with Gasteiger partial charge in [0.05, 0.1) is 13.2 Å². The largest absolute Gasteiger partial charge is 0.379 e. The molecule has 1 aromatic rings. The number of rotatable bonds is 8. The maximum absolute atomic E-state index is 5.53. The summed E-state index contributed by atoms with van der Waals surface area (Å²) in [4.78, 5) is 7.02. The number of hydrogen-bond donors (Lipinski definition) is 2. The van der Waals surface area contributed by atoms with Crippen LogP contribution >= 0.6 is 0 Å². The fraction of sp³-hybridized carbons (Fsp3) is 0.850. The molecular weight excluding hydrogens is 354 g/mol. The molecule has 8 heteroatoms. The Balaban J connectivity index is 1.49. The van der Waals surface area contributed by atoms with Gasteiger partial charge < -0.3 is 19.9 Å². The van der Waals surface area contributed by atoms with Crippen molar-refractivity contribution in [1.29, 1.82) is 0 Å². The lowest BCUT2D eigenvalue weighted by Crippen LogP contribution is -2.51. The Morgan fingerprint density at radius 1 is 1.21 bits per heavy atom. The highest BCUT2D eigenvalue weighted by Gasteiger charge is 2.34. The van der Waals surface area contributed by atoms with Crippen LogP contribution in [0.15, 0.2) is 11.3 Å². The van der Waals surface area contributed by atoms with Gasteiger partial charge in [-0.1, -0.05) is 26.2 Å². The molecule has 0 aromatic carbocycles. The average Bonchev–Trinajstić information content (AvgIpc) is 3.19. The first-order chi connectivity index (χ1) is 13.7. The van der Waals surface area contributed by atoms with Crippen LogP contribution < -0.4 is 10.6 Å². The first-order valence-corrected chi connectivity index (χ1v) is 10.9. The van der Waals surface area contributed by atoms with E-state index < -0.39 is 0 Å². The summed E-state index contributed by atoms with van der Waals surface area (Å²) in [5.41, 5.74) is 0.344. The van der Waals surface area contributed by atoms with Gasteiger partial charge >= 0.3 is 0 Å². The van der Waals surface area contributed by atoms with Crippen LogP contribution in [0.3, 0.4) is 0 Å². The molecule has 0 atom stereocenters. The molecule has 0 unspecified atom stereocenters. The SMILES string of the molecule is CCc1nncn1CCNC(=NC)NCC1(CN2CCOCC2)CCCCC1. The van der Waals surface area contributed by atoms with Crippen LogP contribution in [0.5, 0.6) is 0 Å². The Kier molecular flexibility index (Phi) is 8.09. The maximum Gasteiger partial charge on any atom is 0.191 e. The molecule has 158 valence electrons. The Labute approximate surface area is 169 Å². The molecule has 0 spiro atoms. The quantitative estimate of drug-likeness (QED) is 0.513. The number of aliphatic imine (C=N–C) groups is 1. The zero-order valence-corrected chi connectivity index (χ0v) is 17.6. The molecule has 1 aliphatic heterocycles. The third-order valence-electron chi connectivity index (χ3n) is 6.09. The minimum Gasteiger partial charge on any atom is -0.379 e. The molecule has 1 saturated carbocycles. The Hall–Kier alpha value is -1.67. The van der Waals surface area contributed by atoms with Crippen molar-refractivity contribution in [2.24, 2.45) is 10.4 Å². The van der Waals surface area contributed by atoms with E-state index in [9.17, 15) is 0 Å². The molecule has 2 heterocycles. The molecular formula is C20H37N7O. The topological polar surface area (TPSA) is 79.6 Å². The summed E-state index contributed by atoms with van der Waals surface area (Å²) in [6, 6.07) is 0. The van der Waals surface area contributed by atoms with Gasteiger partial charge in [-0.15, -0.1) is 10.2 Å². The molecule has 1 aliphatic carbocycles. The van der Waals surface area contributed by atoms with Crippen LogP contribution in [0.1, 0.15) is 44.9 Å². The van der Waals surface area contributed by atoms with Crippen LogP contribution in [0, 0.1) is 5.41 Å². The van der Waals surface area contributed by atoms with Gasteiger partial charge in [0.1, 0.15) is 12.2 Å². The highest BCUT2D eigenvalue weighted by Crippen LogP contribution is 2.36. The number of morpholine rings is 1. The monoisotopic (exact) mass is 391 g/mol. The Bertz CT molecular complexity index is 603. The number of ether oxygens (including phenoxy) is 1. The van der Waals surface area contributed by atoms with Crippen molar-refractivity contribution >= 4 is 5.96 Å². The van der Waals surface area contributed by atoms with E-state index in [1.54, 1.807) is 6.33 Å². The summed E-state index contributed by atoms with van der Waals surface area (Å²) in [5.74, 6) is 1.91. The van der Waals surface area contributed by atoms with Crippen molar-refractivity contribution < 1.29 is 4.74 Å². The normalized spacial score (nSPS) is 20.9. The standard InChI is InChI=1S/C20H37N7O/c1-3-18-25-24-17-27(18)10-9-22-19(21-2)23-15-20(7-5-4-6-8-20)16-26-11-13-28-14-12-26/h17H,3-16H2,1-2H3,(H2,21,22,23). The van der Waals surface area contributed by atoms with E-state index in [2.05, 4.69) is 42.2 Å². The van der Waals surface area contributed by atoms with Crippen molar-refractivity contribution in [2.45, 2.75) is 52.0 Å². The van der Waals surface area contributed by atoms with Gasteiger partial charge in [0.15, 0.2) is 5.96 Å². The summed E-state index contributed by atoms with van der Waals surface area (Å²) in [6.45, 7) is 9.77. The predicted octanol–water partition coefficient (Wildman–Crippen LogP) is 1.29. The van der Waals surface area contributed by atoms with Crippen molar-refractivity contribution in [3.8, 4) is 0 Å². The number of nitrogens with one attached hydrogen (secondary N) is 2. The van der Waals surface area contributed by atoms with Gasteiger partial charge in [0.2, 0.25) is 0 Å². The average molecular weight is 392 g/mol. The summed E-state index contributed by atoms with van der Waals surface area (Å²) in [5, 5.41) is 15.2. The van der Waals surface area contributed by atoms with Gasteiger partial charge in [-0.05, 0) is 12.8 Å².